The van der Waals surface area contributed by atoms with Crippen LogP contribution in [0.1, 0.15) is 12.0 Å². The molecule has 0 atom stereocenters. The fraction of sp³-hybridized carbons (Fsp3) is 0.105. The van der Waals surface area contributed by atoms with E-state index in [1.165, 1.54) is 6.08 Å². The molecule has 0 saturated carbocycles. The molecular weight excluding hydrogens is 318 g/mol. The van der Waals surface area contributed by atoms with Crippen LogP contribution in [0.5, 0.6) is 5.75 Å². The second-order valence-corrected chi connectivity index (χ2v) is 5.06. The van der Waals surface area contributed by atoms with Crippen molar-refractivity contribution in [1.29, 1.82) is 5.26 Å². The number of anilines is 2. The molecular formula is C19H17N3O3. The number of nitriles is 1. The molecule has 0 aromatic heterocycles. The predicted molar refractivity (Wildman–Crippen MR) is 96.0 cm³/mol. The molecule has 0 spiro atoms. The zero-order valence-corrected chi connectivity index (χ0v) is 13.7. The van der Waals surface area contributed by atoms with E-state index >= 15 is 0 Å². The zero-order chi connectivity index (χ0) is 18.1. The van der Waals surface area contributed by atoms with E-state index in [2.05, 4.69) is 10.6 Å². The van der Waals surface area contributed by atoms with E-state index in [-0.39, 0.29) is 18.2 Å². The maximum Gasteiger partial charge on any atom is 0.248 e. The lowest BCUT2D eigenvalue weighted by molar-refractivity contribution is -0.115. The van der Waals surface area contributed by atoms with Gasteiger partial charge in [-0.25, -0.2) is 0 Å². The molecule has 0 saturated heterocycles. The largest absolute Gasteiger partial charge is 0.497 e. The molecule has 6 nitrogen and oxygen atoms in total. The molecule has 2 aromatic carbocycles. The lowest BCUT2D eigenvalue weighted by Gasteiger charge is -2.05. The minimum Gasteiger partial charge on any atom is -0.497 e. The lowest BCUT2D eigenvalue weighted by atomic mass is 10.2. The Kier molecular flexibility index (Phi) is 6.32. The summed E-state index contributed by atoms with van der Waals surface area (Å²) in [5.41, 5.74) is 2.01. The SMILES string of the molecule is COc1cccc(/C=C/C(=O)Nc2ccc(NC(=O)CC#N)cc2)c1. The van der Waals surface area contributed by atoms with Crippen LogP contribution in [0.15, 0.2) is 54.6 Å². The molecule has 2 amide bonds. The summed E-state index contributed by atoms with van der Waals surface area (Å²) in [5, 5.41) is 13.8. The van der Waals surface area contributed by atoms with E-state index in [1.54, 1.807) is 43.5 Å². The van der Waals surface area contributed by atoms with Crippen molar-refractivity contribution in [3.63, 3.8) is 0 Å². The van der Waals surface area contributed by atoms with Crippen LogP contribution in [0.4, 0.5) is 11.4 Å². The van der Waals surface area contributed by atoms with E-state index in [1.807, 2.05) is 24.3 Å². The van der Waals surface area contributed by atoms with Crippen molar-refractivity contribution >= 4 is 29.3 Å². The Hall–Kier alpha value is -3.59. The average molecular weight is 335 g/mol. The first-order valence-corrected chi connectivity index (χ1v) is 7.50. The summed E-state index contributed by atoms with van der Waals surface area (Å²) in [5.74, 6) is 0.0705. The molecule has 2 N–H and O–H groups in total. The predicted octanol–water partition coefficient (Wildman–Crippen LogP) is 3.20. The van der Waals surface area contributed by atoms with Gasteiger partial charge in [-0.15, -0.1) is 0 Å². The molecule has 0 bridgehead atoms. The smallest absolute Gasteiger partial charge is 0.248 e. The Balaban J connectivity index is 1.92. The average Bonchev–Trinajstić information content (AvgIpc) is 2.62. The van der Waals surface area contributed by atoms with Gasteiger partial charge >= 0.3 is 0 Å². The molecule has 2 aromatic rings. The summed E-state index contributed by atoms with van der Waals surface area (Å²) < 4.78 is 5.13. The van der Waals surface area contributed by atoms with Gasteiger partial charge in [0.2, 0.25) is 11.8 Å². The number of amides is 2. The number of rotatable bonds is 6. The van der Waals surface area contributed by atoms with Crippen molar-refractivity contribution in [1.82, 2.24) is 0 Å². The lowest BCUT2D eigenvalue weighted by Crippen LogP contribution is -2.10. The quantitative estimate of drug-likeness (QED) is 0.793. The molecule has 0 radical (unpaired) electrons. The Morgan fingerprint density at radius 3 is 2.44 bits per heavy atom. The van der Waals surface area contributed by atoms with Crippen molar-refractivity contribution in [3.8, 4) is 11.8 Å². The van der Waals surface area contributed by atoms with Crippen LogP contribution in [0, 0.1) is 11.3 Å². The van der Waals surface area contributed by atoms with E-state index in [4.69, 9.17) is 10.00 Å². The highest BCUT2D eigenvalue weighted by atomic mass is 16.5. The summed E-state index contributed by atoms with van der Waals surface area (Å²) >= 11 is 0. The number of carbonyl (C=O) groups excluding carboxylic acids is 2. The molecule has 6 heteroatoms. The third-order valence-corrected chi connectivity index (χ3v) is 3.20. The zero-order valence-electron chi connectivity index (χ0n) is 13.7. The maximum absolute atomic E-state index is 12.0. The second kappa shape index (κ2) is 8.89. The number of hydrogen-bond acceptors (Lipinski definition) is 4. The van der Waals surface area contributed by atoms with Gasteiger partial charge in [-0.1, -0.05) is 12.1 Å². The van der Waals surface area contributed by atoms with Crippen LogP contribution >= 0.6 is 0 Å². The Bertz CT molecular complexity index is 821. The standard InChI is InChI=1S/C19H17N3O3/c1-25-17-4-2-3-14(13-17)5-10-18(23)21-15-6-8-16(9-7-15)22-19(24)11-12-20/h2-10,13H,11H2,1H3,(H,21,23)(H,22,24)/b10-5+. The number of methoxy groups -OCH3 is 1. The fourth-order valence-corrected chi connectivity index (χ4v) is 2.01. The van der Waals surface area contributed by atoms with Crippen LogP contribution in [-0.4, -0.2) is 18.9 Å². The van der Waals surface area contributed by atoms with Crippen molar-refractivity contribution in [3.05, 3.63) is 60.2 Å². The minimum atomic E-state index is -0.375. The molecule has 0 unspecified atom stereocenters. The van der Waals surface area contributed by atoms with Gasteiger partial charge in [0.25, 0.3) is 0 Å². The van der Waals surface area contributed by atoms with Crippen molar-refractivity contribution in [2.75, 3.05) is 17.7 Å². The third-order valence-electron chi connectivity index (χ3n) is 3.20. The van der Waals surface area contributed by atoms with E-state index < -0.39 is 0 Å². The number of carbonyl (C=O) groups is 2. The van der Waals surface area contributed by atoms with Crippen LogP contribution in [0.3, 0.4) is 0 Å². The highest BCUT2D eigenvalue weighted by Crippen LogP contribution is 2.15. The Morgan fingerprint density at radius 1 is 1.12 bits per heavy atom. The van der Waals surface area contributed by atoms with Gasteiger partial charge < -0.3 is 15.4 Å². The molecule has 0 aliphatic rings. The molecule has 25 heavy (non-hydrogen) atoms. The third kappa shape index (κ3) is 5.84. The monoisotopic (exact) mass is 335 g/mol. The summed E-state index contributed by atoms with van der Waals surface area (Å²) in [7, 11) is 1.59. The molecule has 2 rings (SSSR count). The van der Waals surface area contributed by atoms with Crippen molar-refractivity contribution < 1.29 is 14.3 Å². The Labute approximate surface area is 145 Å². The van der Waals surface area contributed by atoms with E-state index in [9.17, 15) is 9.59 Å². The number of hydrogen-bond donors (Lipinski definition) is 2. The maximum atomic E-state index is 12.0. The summed E-state index contributed by atoms with van der Waals surface area (Å²) in [6, 6.07) is 15.8. The first kappa shape index (κ1) is 17.8. The van der Waals surface area contributed by atoms with Crippen molar-refractivity contribution in [2.24, 2.45) is 0 Å². The highest BCUT2D eigenvalue weighted by molar-refractivity contribution is 6.02. The van der Waals surface area contributed by atoms with Gasteiger partial charge in [-0.2, -0.15) is 5.26 Å². The van der Waals surface area contributed by atoms with Gasteiger partial charge in [-0.3, -0.25) is 9.59 Å². The van der Waals surface area contributed by atoms with Crippen LogP contribution in [0.2, 0.25) is 0 Å². The van der Waals surface area contributed by atoms with Crippen molar-refractivity contribution in [2.45, 2.75) is 6.42 Å². The van der Waals surface area contributed by atoms with E-state index in [0.717, 1.165) is 11.3 Å². The molecule has 126 valence electrons. The Morgan fingerprint density at radius 2 is 1.80 bits per heavy atom. The van der Waals surface area contributed by atoms with Crippen LogP contribution in [0.25, 0.3) is 6.08 Å². The summed E-state index contributed by atoms with van der Waals surface area (Å²) in [4.78, 5) is 23.3. The normalized spacial score (nSPS) is 10.1. The van der Waals surface area contributed by atoms with Gasteiger partial charge in [-0.05, 0) is 48.0 Å². The summed E-state index contributed by atoms with van der Waals surface area (Å²) in [6.45, 7) is 0. The molecule has 0 heterocycles. The van der Waals surface area contributed by atoms with Gasteiger partial charge in [0.15, 0.2) is 0 Å². The fourth-order valence-electron chi connectivity index (χ4n) is 2.01. The highest BCUT2D eigenvalue weighted by Gasteiger charge is 2.02. The van der Waals surface area contributed by atoms with Gasteiger partial charge in [0.1, 0.15) is 12.2 Å². The van der Waals surface area contributed by atoms with Gasteiger partial charge in [0.05, 0.1) is 13.2 Å². The molecule has 0 aliphatic carbocycles. The first-order chi connectivity index (χ1) is 12.1. The van der Waals surface area contributed by atoms with Crippen LogP contribution < -0.4 is 15.4 Å². The number of benzene rings is 2. The molecule has 0 fully saturated rings. The van der Waals surface area contributed by atoms with Crippen LogP contribution in [-0.2, 0) is 9.59 Å². The number of ether oxygens (including phenoxy) is 1. The number of nitrogens with one attached hydrogen (secondary N) is 2. The second-order valence-electron chi connectivity index (χ2n) is 5.06. The minimum absolute atomic E-state index is 0.201. The van der Waals surface area contributed by atoms with Gasteiger partial charge in [0, 0.05) is 17.5 Å². The number of nitrogens with zero attached hydrogens (tertiary/aromatic N) is 1. The topological polar surface area (TPSA) is 91.2 Å². The summed E-state index contributed by atoms with van der Waals surface area (Å²) in [6.07, 6.45) is 2.92. The first-order valence-electron chi connectivity index (χ1n) is 7.50. The molecule has 0 aliphatic heterocycles. The van der Waals surface area contributed by atoms with E-state index in [0.29, 0.717) is 11.4 Å².